The summed E-state index contributed by atoms with van der Waals surface area (Å²) < 4.78 is 11.4. The van der Waals surface area contributed by atoms with E-state index in [2.05, 4.69) is 98.8 Å². The van der Waals surface area contributed by atoms with Crippen molar-refractivity contribution in [1.29, 1.82) is 0 Å². The second-order valence-electron chi connectivity index (χ2n) is 13.7. The van der Waals surface area contributed by atoms with E-state index in [0.29, 0.717) is 0 Å². The van der Waals surface area contributed by atoms with E-state index >= 15 is 0 Å². The predicted molar refractivity (Wildman–Crippen MR) is 202 cm³/mol. The van der Waals surface area contributed by atoms with Crippen LogP contribution in [-0.4, -0.2) is 26.2 Å². The molecule has 1 aliphatic carbocycles. The first-order valence-electron chi connectivity index (χ1n) is 16.9. The Morgan fingerprint density at radius 2 is 1.66 bits per heavy atom. The van der Waals surface area contributed by atoms with Crippen LogP contribution in [0.3, 0.4) is 0 Å². The number of rotatable bonds is 7. The molecule has 250 valence electrons. The number of anilines is 3. The van der Waals surface area contributed by atoms with Crippen LogP contribution in [0, 0.1) is 0 Å². The number of fused-ring (bicyclic) bond motifs is 5. The van der Waals surface area contributed by atoms with Gasteiger partial charge >= 0.3 is 6.09 Å². The monoisotopic (exact) mass is 678 g/mol. The number of amides is 1. The lowest BCUT2D eigenvalue weighted by Gasteiger charge is -2.43. The fourth-order valence-electron chi connectivity index (χ4n) is 6.69. The van der Waals surface area contributed by atoms with Crippen LogP contribution >= 0.6 is 11.9 Å². The van der Waals surface area contributed by atoms with Crippen molar-refractivity contribution in [3.8, 4) is 39.6 Å². The van der Waals surface area contributed by atoms with Gasteiger partial charge in [0.25, 0.3) is 0 Å². The molecule has 8 nitrogen and oxygen atoms in total. The number of alkyl carbamates (subject to hydrolysis) is 1. The zero-order chi connectivity index (χ0) is 34.3. The molecule has 50 heavy (non-hydrogen) atoms. The third-order valence-electron chi connectivity index (χ3n) is 9.15. The first-order chi connectivity index (χ1) is 24.3. The van der Waals surface area contributed by atoms with Gasteiger partial charge < -0.3 is 20.1 Å². The molecular weight excluding hydrogens is 641 g/mol. The SMILES string of the molecule is CC(C)(C)OC(=O)NC1(c2ccc(-c3c(-c4cccc(NSc5ccccc5)c4)nc4n3-c3cccnc3Nc3ccccc3-4)cc2)CCC1. The van der Waals surface area contributed by atoms with Crippen molar-refractivity contribution in [2.24, 2.45) is 0 Å². The summed E-state index contributed by atoms with van der Waals surface area (Å²) in [4.78, 5) is 24.2. The minimum Gasteiger partial charge on any atom is -0.444 e. The van der Waals surface area contributed by atoms with Gasteiger partial charge in [-0.2, -0.15) is 0 Å². The number of ether oxygens (including phenoxy) is 1. The molecule has 0 atom stereocenters. The van der Waals surface area contributed by atoms with Gasteiger partial charge in [-0.1, -0.05) is 66.7 Å². The van der Waals surface area contributed by atoms with Gasteiger partial charge in [-0.3, -0.25) is 4.57 Å². The average Bonchev–Trinajstić information content (AvgIpc) is 3.43. The number of hydrogen-bond acceptors (Lipinski definition) is 7. The first kappa shape index (κ1) is 31.7. The Balaban J connectivity index is 1.25. The van der Waals surface area contributed by atoms with Crippen molar-refractivity contribution in [3.05, 3.63) is 127 Å². The number of nitrogens with zero attached hydrogens (tertiary/aromatic N) is 3. The van der Waals surface area contributed by atoms with Crippen LogP contribution in [0.25, 0.3) is 39.6 Å². The second kappa shape index (κ2) is 12.7. The molecule has 2 aliphatic rings. The third-order valence-corrected chi connectivity index (χ3v) is 10.00. The maximum absolute atomic E-state index is 12.9. The fraction of sp³-hybridized carbons (Fsp3) is 0.195. The number of nitrogens with one attached hydrogen (secondary N) is 3. The molecule has 9 heteroatoms. The summed E-state index contributed by atoms with van der Waals surface area (Å²) in [7, 11) is 0. The Morgan fingerprint density at radius 3 is 2.42 bits per heavy atom. The molecule has 0 saturated heterocycles. The van der Waals surface area contributed by atoms with Crippen LogP contribution in [0.5, 0.6) is 0 Å². The molecule has 0 radical (unpaired) electrons. The fourth-order valence-corrected chi connectivity index (χ4v) is 7.35. The Kier molecular flexibility index (Phi) is 8.07. The summed E-state index contributed by atoms with van der Waals surface area (Å²) in [5.74, 6) is 1.58. The normalized spacial score (nSPS) is 14.1. The Hall–Kier alpha value is -5.54. The van der Waals surface area contributed by atoms with Crippen LogP contribution in [0.1, 0.15) is 45.6 Å². The lowest BCUT2D eigenvalue weighted by atomic mass is 9.71. The average molecular weight is 679 g/mol. The third kappa shape index (κ3) is 6.09. The van der Waals surface area contributed by atoms with Crippen LogP contribution in [0.15, 0.2) is 126 Å². The molecule has 0 unspecified atom stereocenters. The highest BCUT2D eigenvalue weighted by atomic mass is 32.2. The van der Waals surface area contributed by atoms with Gasteiger partial charge in [-0.05, 0) is 106 Å². The molecule has 6 aromatic rings. The van der Waals surface area contributed by atoms with Crippen LogP contribution in [0.4, 0.5) is 22.0 Å². The molecule has 1 saturated carbocycles. The molecule has 0 bridgehead atoms. The highest BCUT2D eigenvalue weighted by Gasteiger charge is 2.41. The molecular formula is C41H38N6O2S. The lowest BCUT2D eigenvalue weighted by molar-refractivity contribution is 0.0377. The number of aromatic nitrogens is 3. The van der Waals surface area contributed by atoms with E-state index in [0.717, 1.165) is 86.5 Å². The van der Waals surface area contributed by atoms with Gasteiger partial charge in [0.1, 0.15) is 11.4 Å². The zero-order valence-corrected chi connectivity index (χ0v) is 29.1. The van der Waals surface area contributed by atoms with E-state index in [4.69, 9.17) is 14.7 Å². The first-order valence-corrected chi connectivity index (χ1v) is 17.7. The number of benzene rings is 4. The zero-order valence-electron chi connectivity index (χ0n) is 28.2. The van der Waals surface area contributed by atoms with E-state index in [1.165, 1.54) is 0 Å². The van der Waals surface area contributed by atoms with Gasteiger partial charge in [0, 0.05) is 33.5 Å². The van der Waals surface area contributed by atoms with Crippen molar-refractivity contribution in [2.75, 3.05) is 10.0 Å². The van der Waals surface area contributed by atoms with E-state index in [-0.39, 0.29) is 6.09 Å². The highest BCUT2D eigenvalue weighted by molar-refractivity contribution is 8.00. The predicted octanol–water partition coefficient (Wildman–Crippen LogP) is 10.3. The molecule has 1 fully saturated rings. The van der Waals surface area contributed by atoms with Gasteiger partial charge in [-0.25, -0.2) is 14.8 Å². The summed E-state index contributed by atoms with van der Waals surface area (Å²) in [6.45, 7) is 5.66. The molecule has 3 N–H and O–H groups in total. The number of para-hydroxylation sites is 1. The summed E-state index contributed by atoms with van der Waals surface area (Å²) in [5.41, 5.74) is 7.66. The van der Waals surface area contributed by atoms with Gasteiger partial charge in [0.2, 0.25) is 0 Å². The molecule has 0 spiro atoms. The molecule has 1 aliphatic heterocycles. The largest absolute Gasteiger partial charge is 0.444 e. The highest BCUT2D eigenvalue weighted by Crippen LogP contribution is 2.46. The smallest absolute Gasteiger partial charge is 0.408 e. The quantitative estimate of drug-likeness (QED) is 0.145. The molecule has 1 amide bonds. The summed E-state index contributed by atoms with van der Waals surface area (Å²) >= 11 is 1.58. The van der Waals surface area contributed by atoms with E-state index in [1.807, 2.05) is 57.2 Å². The molecule has 2 aromatic heterocycles. The lowest BCUT2D eigenvalue weighted by Crippen LogP contribution is -2.52. The Morgan fingerprint density at radius 1 is 0.880 bits per heavy atom. The Labute approximate surface area is 296 Å². The molecule has 8 rings (SSSR count). The van der Waals surface area contributed by atoms with Crippen molar-refractivity contribution >= 4 is 35.2 Å². The van der Waals surface area contributed by atoms with Gasteiger partial charge in [0.05, 0.1) is 28.3 Å². The van der Waals surface area contributed by atoms with Gasteiger partial charge in [-0.15, -0.1) is 0 Å². The molecule has 4 aromatic carbocycles. The number of carbonyl (C=O) groups excluding carboxylic acids is 1. The number of carbonyl (C=O) groups is 1. The van der Waals surface area contributed by atoms with Crippen molar-refractivity contribution in [3.63, 3.8) is 0 Å². The maximum atomic E-state index is 12.9. The summed E-state index contributed by atoms with van der Waals surface area (Å²) in [5, 5.41) is 6.76. The van der Waals surface area contributed by atoms with Crippen molar-refractivity contribution < 1.29 is 9.53 Å². The van der Waals surface area contributed by atoms with Crippen molar-refractivity contribution in [1.82, 2.24) is 19.9 Å². The minimum atomic E-state index is -0.569. The molecule has 3 heterocycles. The van der Waals surface area contributed by atoms with E-state index in [9.17, 15) is 4.79 Å². The standard InChI is InChI=1S/C41H38N6O2S/c1-40(2,3)49-39(48)45-41(23-11-24-41)29-21-19-27(20-22-29)36-35(28-12-9-13-30(26-28)46-50-31-14-5-4-6-15-31)44-38-32-16-7-8-17-33(32)43-37-34(47(36)38)18-10-25-42-37/h4-10,12-22,25-26,46H,11,23-24H2,1-3H3,(H,42,43)(H,45,48). The van der Waals surface area contributed by atoms with Crippen molar-refractivity contribution in [2.45, 2.75) is 56.1 Å². The maximum Gasteiger partial charge on any atom is 0.408 e. The van der Waals surface area contributed by atoms with Gasteiger partial charge in [0.15, 0.2) is 5.82 Å². The number of hydrogen-bond donors (Lipinski definition) is 3. The second-order valence-corrected chi connectivity index (χ2v) is 14.6. The number of pyridine rings is 1. The van der Waals surface area contributed by atoms with E-state index < -0.39 is 11.1 Å². The minimum absolute atomic E-state index is 0.390. The number of imidazole rings is 1. The van der Waals surface area contributed by atoms with Crippen LogP contribution in [0.2, 0.25) is 0 Å². The van der Waals surface area contributed by atoms with E-state index in [1.54, 1.807) is 18.1 Å². The van der Waals surface area contributed by atoms with Crippen LogP contribution < -0.4 is 15.4 Å². The Bertz CT molecular complexity index is 2190. The summed E-state index contributed by atoms with van der Waals surface area (Å²) in [6.07, 6.45) is 4.18. The topological polar surface area (TPSA) is 93.1 Å². The van der Waals surface area contributed by atoms with Crippen LogP contribution in [-0.2, 0) is 10.3 Å². The summed E-state index contributed by atoms with van der Waals surface area (Å²) in [6, 6.07) is 39.5.